The summed E-state index contributed by atoms with van der Waals surface area (Å²) >= 11 is 0. The average Bonchev–Trinajstić information content (AvgIpc) is 2.47. The maximum absolute atomic E-state index is 12.1. The Morgan fingerprint density at radius 2 is 2.29 bits per heavy atom. The first-order valence-electron chi connectivity index (χ1n) is 6.44. The van der Waals surface area contributed by atoms with Crippen LogP contribution in [0.4, 0.5) is 11.4 Å². The molecule has 0 unspecified atom stereocenters. The van der Waals surface area contributed by atoms with E-state index >= 15 is 0 Å². The Labute approximate surface area is 120 Å². The maximum atomic E-state index is 12.1. The van der Waals surface area contributed by atoms with Crippen LogP contribution in [-0.2, 0) is 9.59 Å². The fourth-order valence-electron chi connectivity index (χ4n) is 2.14. The zero-order chi connectivity index (χ0) is 15.4. The van der Waals surface area contributed by atoms with Crippen LogP contribution in [0.3, 0.4) is 0 Å². The van der Waals surface area contributed by atoms with Crippen LogP contribution in [0.2, 0.25) is 0 Å². The molecule has 2 rings (SSSR count). The lowest BCUT2D eigenvalue weighted by Gasteiger charge is -2.21. The van der Waals surface area contributed by atoms with Crippen LogP contribution >= 0.6 is 0 Å². The van der Waals surface area contributed by atoms with Gasteiger partial charge in [-0.05, 0) is 25.0 Å². The average molecular weight is 293 g/mol. The lowest BCUT2D eigenvalue weighted by atomic mass is 9.97. The van der Waals surface area contributed by atoms with Gasteiger partial charge in [0.25, 0.3) is 5.69 Å². The van der Waals surface area contributed by atoms with Gasteiger partial charge in [0, 0.05) is 6.54 Å². The molecular weight excluding hydrogens is 278 g/mol. The number of rotatable bonds is 4. The zero-order valence-corrected chi connectivity index (χ0v) is 11.4. The van der Waals surface area contributed by atoms with Gasteiger partial charge in [-0.2, -0.15) is 0 Å². The molecule has 1 aliphatic heterocycles. The number of nitrogens with zero attached hydrogens (tertiary/aromatic N) is 1. The maximum Gasteiger partial charge on any atom is 0.296 e. The number of nitro benzene ring substituents is 1. The summed E-state index contributed by atoms with van der Waals surface area (Å²) in [6, 6.07) is 4.11. The molecule has 2 N–H and O–H groups in total. The van der Waals surface area contributed by atoms with Gasteiger partial charge in [-0.25, -0.2) is 0 Å². The minimum atomic E-state index is -0.819. The molecule has 0 bridgehead atoms. The van der Waals surface area contributed by atoms with Gasteiger partial charge in [-0.15, -0.1) is 0 Å². The molecule has 1 aromatic rings. The third-order valence-corrected chi connectivity index (χ3v) is 3.26. The number of hydrogen-bond donors (Lipinski definition) is 2. The molecule has 112 valence electrons. The van der Waals surface area contributed by atoms with Gasteiger partial charge in [-0.1, -0.05) is 0 Å². The highest BCUT2D eigenvalue weighted by Gasteiger charge is 2.30. The topological polar surface area (TPSA) is 111 Å². The third kappa shape index (κ3) is 3.28. The Hall–Kier alpha value is -2.64. The van der Waals surface area contributed by atoms with E-state index in [-0.39, 0.29) is 17.3 Å². The highest BCUT2D eigenvalue weighted by Crippen LogP contribution is 2.29. The second kappa shape index (κ2) is 6.21. The van der Waals surface area contributed by atoms with Crippen molar-refractivity contribution < 1.29 is 19.2 Å². The number of nitrogens with one attached hydrogen (secondary N) is 2. The first-order valence-corrected chi connectivity index (χ1v) is 6.44. The van der Waals surface area contributed by atoms with Gasteiger partial charge in [-0.3, -0.25) is 19.7 Å². The number of ether oxygens (including phenoxy) is 1. The fraction of sp³-hybridized carbons (Fsp3) is 0.385. The predicted molar refractivity (Wildman–Crippen MR) is 74.0 cm³/mol. The molecule has 0 spiro atoms. The van der Waals surface area contributed by atoms with Crippen LogP contribution in [0, 0.1) is 16.0 Å². The van der Waals surface area contributed by atoms with Crippen molar-refractivity contribution in [3.05, 3.63) is 28.3 Å². The molecule has 1 fully saturated rings. The lowest BCUT2D eigenvalue weighted by molar-refractivity contribution is -0.384. The summed E-state index contributed by atoms with van der Waals surface area (Å²) < 4.78 is 4.92. The highest BCUT2D eigenvalue weighted by molar-refractivity contribution is 6.07. The van der Waals surface area contributed by atoms with Crippen molar-refractivity contribution in [2.24, 2.45) is 5.92 Å². The summed E-state index contributed by atoms with van der Waals surface area (Å²) in [5, 5.41) is 16.1. The third-order valence-electron chi connectivity index (χ3n) is 3.26. The number of piperidine rings is 1. The number of carbonyl (C=O) groups excluding carboxylic acids is 2. The number of methoxy groups -OCH3 is 1. The molecule has 8 heteroatoms. The van der Waals surface area contributed by atoms with E-state index in [0.29, 0.717) is 25.1 Å². The second-order valence-corrected chi connectivity index (χ2v) is 4.62. The van der Waals surface area contributed by atoms with Gasteiger partial charge in [0.15, 0.2) is 0 Å². The van der Waals surface area contributed by atoms with Crippen LogP contribution in [0.5, 0.6) is 5.75 Å². The van der Waals surface area contributed by atoms with Crippen molar-refractivity contribution in [1.29, 1.82) is 0 Å². The Bertz CT molecular complexity index is 587. The Kier molecular flexibility index (Phi) is 4.36. The van der Waals surface area contributed by atoms with Gasteiger partial charge >= 0.3 is 0 Å². The van der Waals surface area contributed by atoms with E-state index in [1.807, 2.05) is 0 Å². The molecule has 1 aromatic carbocycles. The van der Waals surface area contributed by atoms with Crippen molar-refractivity contribution in [1.82, 2.24) is 5.32 Å². The number of anilines is 1. The minimum Gasteiger partial charge on any atom is -0.496 e. The molecular formula is C13H15N3O5. The fourth-order valence-corrected chi connectivity index (χ4v) is 2.14. The van der Waals surface area contributed by atoms with Crippen molar-refractivity contribution in [3.63, 3.8) is 0 Å². The smallest absolute Gasteiger partial charge is 0.296 e. The summed E-state index contributed by atoms with van der Waals surface area (Å²) in [6.07, 6.45) is 1.14. The number of amides is 2. The molecule has 0 aromatic heterocycles. The van der Waals surface area contributed by atoms with E-state index in [9.17, 15) is 19.7 Å². The van der Waals surface area contributed by atoms with Crippen LogP contribution in [-0.4, -0.2) is 30.4 Å². The van der Waals surface area contributed by atoms with Gasteiger partial charge < -0.3 is 15.4 Å². The molecule has 8 nitrogen and oxygen atoms in total. The normalized spacial score (nSPS) is 17.8. The molecule has 1 saturated heterocycles. The van der Waals surface area contributed by atoms with Crippen LogP contribution < -0.4 is 15.4 Å². The monoisotopic (exact) mass is 293 g/mol. The number of benzene rings is 1. The van der Waals surface area contributed by atoms with Crippen LogP contribution in [0.15, 0.2) is 18.2 Å². The van der Waals surface area contributed by atoms with Crippen molar-refractivity contribution in [2.75, 3.05) is 19.0 Å². The molecule has 1 aliphatic rings. The molecule has 0 radical (unpaired) electrons. The summed E-state index contributed by atoms with van der Waals surface area (Å²) in [5.41, 5.74) is -0.233. The van der Waals surface area contributed by atoms with Crippen LogP contribution in [0.25, 0.3) is 0 Å². The van der Waals surface area contributed by atoms with Crippen molar-refractivity contribution in [2.45, 2.75) is 12.8 Å². The molecule has 2 amide bonds. The van der Waals surface area contributed by atoms with Gasteiger partial charge in [0.05, 0.1) is 18.1 Å². The van der Waals surface area contributed by atoms with Crippen molar-refractivity contribution >= 4 is 23.2 Å². The highest BCUT2D eigenvalue weighted by atomic mass is 16.6. The molecule has 1 atom stereocenters. The quantitative estimate of drug-likeness (QED) is 0.490. The minimum absolute atomic E-state index is 0.0455. The second-order valence-electron chi connectivity index (χ2n) is 4.62. The standard InChI is InChI=1S/C13H15N3O5/c1-21-8-4-5-10(11(7-8)16(19)20)15-13(18)9-3-2-6-14-12(9)17/h4-5,7,9H,2-3,6H2,1H3,(H,14,17)(H,15,18)/t9-/m1/s1. The van der Waals surface area contributed by atoms with Crippen molar-refractivity contribution in [3.8, 4) is 5.75 Å². The van der Waals surface area contributed by atoms with Gasteiger partial charge in [0.1, 0.15) is 17.4 Å². The Balaban J connectivity index is 2.20. The number of nitro groups is 1. The van der Waals surface area contributed by atoms with E-state index < -0.39 is 16.7 Å². The zero-order valence-electron chi connectivity index (χ0n) is 11.4. The molecule has 1 heterocycles. The molecule has 0 aliphatic carbocycles. The number of carbonyl (C=O) groups is 2. The number of hydrogen-bond acceptors (Lipinski definition) is 5. The summed E-state index contributed by atoms with van der Waals surface area (Å²) in [5.74, 6) is -1.40. The Morgan fingerprint density at radius 1 is 1.52 bits per heavy atom. The Morgan fingerprint density at radius 3 is 2.90 bits per heavy atom. The van der Waals surface area contributed by atoms with Crippen LogP contribution in [0.1, 0.15) is 12.8 Å². The largest absolute Gasteiger partial charge is 0.496 e. The van der Waals surface area contributed by atoms with E-state index in [4.69, 9.17) is 4.74 Å². The summed E-state index contributed by atoms with van der Waals surface area (Å²) in [6.45, 7) is 0.547. The lowest BCUT2D eigenvalue weighted by Crippen LogP contribution is -2.42. The summed E-state index contributed by atoms with van der Waals surface area (Å²) in [7, 11) is 1.39. The molecule has 21 heavy (non-hydrogen) atoms. The SMILES string of the molecule is COc1ccc(NC(=O)[C@@H]2CCCNC2=O)c([N+](=O)[O-])c1. The van der Waals surface area contributed by atoms with E-state index in [1.165, 1.54) is 25.3 Å². The van der Waals surface area contributed by atoms with E-state index in [1.54, 1.807) is 0 Å². The van der Waals surface area contributed by atoms with E-state index in [2.05, 4.69) is 10.6 Å². The van der Waals surface area contributed by atoms with E-state index in [0.717, 1.165) is 0 Å². The first-order chi connectivity index (χ1) is 10.0. The first kappa shape index (κ1) is 14.8. The summed E-state index contributed by atoms with van der Waals surface area (Å²) in [4.78, 5) is 34.1. The predicted octanol–water partition coefficient (Wildman–Crippen LogP) is 1.07. The molecule has 0 saturated carbocycles. The van der Waals surface area contributed by atoms with Gasteiger partial charge in [0.2, 0.25) is 11.8 Å².